The lowest BCUT2D eigenvalue weighted by Crippen LogP contribution is -2.41. The third-order valence-corrected chi connectivity index (χ3v) is 5.57. The van der Waals surface area contributed by atoms with E-state index in [-0.39, 0.29) is 36.0 Å². The molecule has 1 aromatic carbocycles. The molecule has 0 spiro atoms. The van der Waals surface area contributed by atoms with Crippen molar-refractivity contribution in [3.05, 3.63) is 35.4 Å². The normalized spacial score (nSPS) is 19.3. The first-order valence-electron chi connectivity index (χ1n) is 10.2. The monoisotopic (exact) mass is 486 g/mol. The van der Waals surface area contributed by atoms with E-state index >= 15 is 0 Å². The number of aliphatic imine (C=N–C) groups is 1. The number of nitrogens with zero attached hydrogens (tertiary/aromatic N) is 2. The number of aliphatic hydroxyl groups excluding tert-OH is 1. The molecule has 0 bridgehead atoms. The number of hydrogen-bond donors (Lipinski definition) is 3. The van der Waals surface area contributed by atoms with Gasteiger partial charge >= 0.3 is 0 Å². The highest BCUT2D eigenvalue weighted by Crippen LogP contribution is 2.44. The summed E-state index contributed by atoms with van der Waals surface area (Å²) in [6, 6.07) is 8.88. The molecule has 27 heavy (non-hydrogen) atoms. The number of aliphatic hydroxyl groups is 1. The van der Waals surface area contributed by atoms with Gasteiger partial charge in [-0.15, -0.1) is 24.0 Å². The second-order valence-electron chi connectivity index (χ2n) is 7.86. The number of guanidine groups is 1. The van der Waals surface area contributed by atoms with Crippen LogP contribution in [0.2, 0.25) is 0 Å². The van der Waals surface area contributed by atoms with Gasteiger partial charge in [0.1, 0.15) is 0 Å². The van der Waals surface area contributed by atoms with Crippen LogP contribution in [0.15, 0.2) is 29.3 Å². The fourth-order valence-corrected chi connectivity index (χ4v) is 3.48. The van der Waals surface area contributed by atoms with Gasteiger partial charge in [-0.05, 0) is 56.8 Å². The Hall–Kier alpha value is -0.860. The zero-order valence-electron chi connectivity index (χ0n) is 16.5. The van der Waals surface area contributed by atoms with Gasteiger partial charge in [0.2, 0.25) is 0 Å². The van der Waals surface area contributed by atoms with Crippen molar-refractivity contribution in [3.63, 3.8) is 0 Å². The van der Waals surface area contributed by atoms with Crippen molar-refractivity contribution >= 4 is 29.9 Å². The molecule has 6 heteroatoms. The highest BCUT2D eigenvalue weighted by atomic mass is 127. The third-order valence-electron chi connectivity index (χ3n) is 5.57. The van der Waals surface area contributed by atoms with E-state index in [2.05, 4.69) is 46.7 Å². The SMILES string of the molecule is CCNC(=NCc1ccc(CN2CCCCC2)cc1)NCC1(CO)CC1.I. The molecule has 3 rings (SSSR count). The van der Waals surface area contributed by atoms with Crippen LogP contribution in [0.5, 0.6) is 0 Å². The van der Waals surface area contributed by atoms with Crippen molar-refractivity contribution in [2.45, 2.75) is 52.1 Å². The van der Waals surface area contributed by atoms with Gasteiger partial charge in [-0.1, -0.05) is 30.7 Å². The zero-order valence-corrected chi connectivity index (χ0v) is 18.9. The number of piperidine rings is 1. The second-order valence-corrected chi connectivity index (χ2v) is 7.86. The quantitative estimate of drug-likeness (QED) is 0.300. The van der Waals surface area contributed by atoms with Gasteiger partial charge in [0.25, 0.3) is 0 Å². The summed E-state index contributed by atoms with van der Waals surface area (Å²) in [5.41, 5.74) is 2.71. The van der Waals surface area contributed by atoms with Crippen molar-refractivity contribution in [1.29, 1.82) is 0 Å². The molecule has 2 aliphatic rings. The van der Waals surface area contributed by atoms with E-state index in [0.717, 1.165) is 38.4 Å². The Kier molecular flexibility index (Phi) is 9.32. The van der Waals surface area contributed by atoms with Crippen LogP contribution in [0.4, 0.5) is 0 Å². The van der Waals surface area contributed by atoms with Crippen LogP contribution in [0.3, 0.4) is 0 Å². The predicted molar refractivity (Wildman–Crippen MR) is 123 cm³/mol. The lowest BCUT2D eigenvalue weighted by Gasteiger charge is -2.26. The van der Waals surface area contributed by atoms with E-state index in [0.29, 0.717) is 6.54 Å². The molecule has 0 radical (unpaired) electrons. The molecule has 0 atom stereocenters. The van der Waals surface area contributed by atoms with Crippen molar-refractivity contribution in [2.24, 2.45) is 10.4 Å². The minimum atomic E-state index is 0. The van der Waals surface area contributed by atoms with Gasteiger partial charge < -0.3 is 15.7 Å². The van der Waals surface area contributed by atoms with Gasteiger partial charge in [0.15, 0.2) is 5.96 Å². The van der Waals surface area contributed by atoms with Gasteiger partial charge in [0.05, 0.1) is 13.2 Å². The highest BCUT2D eigenvalue weighted by Gasteiger charge is 2.41. The van der Waals surface area contributed by atoms with Crippen LogP contribution in [0.1, 0.15) is 50.2 Å². The van der Waals surface area contributed by atoms with Crippen LogP contribution in [-0.2, 0) is 13.1 Å². The lowest BCUT2D eigenvalue weighted by molar-refractivity contribution is 0.212. The summed E-state index contributed by atoms with van der Waals surface area (Å²) in [7, 11) is 0. The van der Waals surface area contributed by atoms with Crippen molar-refractivity contribution < 1.29 is 5.11 Å². The molecule has 5 nitrogen and oxygen atoms in total. The molecular formula is C21H35IN4O. The number of halogens is 1. The predicted octanol–water partition coefficient (Wildman–Crippen LogP) is 3.12. The molecule has 1 aliphatic heterocycles. The fraction of sp³-hybridized carbons (Fsp3) is 0.667. The largest absolute Gasteiger partial charge is 0.396 e. The van der Waals surface area contributed by atoms with E-state index < -0.39 is 0 Å². The smallest absolute Gasteiger partial charge is 0.191 e. The molecule has 1 saturated carbocycles. The Morgan fingerprint density at radius 2 is 1.74 bits per heavy atom. The molecule has 0 amide bonds. The number of hydrogen-bond acceptors (Lipinski definition) is 3. The van der Waals surface area contributed by atoms with E-state index in [1.165, 1.54) is 43.5 Å². The zero-order chi connectivity index (χ0) is 18.2. The first-order valence-corrected chi connectivity index (χ1v) is 10.2. The second kappa shape index (κ2) is 11.2. The van der Waals surface area contributed by atoms with Crippen LogP contribution in [-0.4, -0.2) is 48.8 Å². The fourth-order valence-electron chi connectivity index (χ4n) is 3.48. The number of rotatable bonds is 8. The molecule has 2 fully saturated rings. The topological polar surface area (TPSA) is 59.9 Å². The summed E-state index contributed by atoms with van der Waals surface area (Å²) in [6.07, 6.45) is 6.27. The average molecular weight is 486 g/mol. The van der Waals surface area contributed by atoms with E-state index in [1.807, 2.05) is 0 Å². The molecule has 1 heterocycles. The van der Waals surface area contributed by atoms with Crippen LogP contribution >= 0.6 is 24.0 Å². The molecule has 3 N–H and O–H groups in total. The van der Waals surface area contributed by atoms with Crippen LogP contribution < -0.4 is 10.6 Å². The maximum Gasteiger partial charge on any atom is 0.191 e. The van der Waals surface area contributed by atoms with Crippen molar-refractivity contribution in [1.82, 2.24) is 15.5 Å². The number of benzene rings is 1. The van der Waals surface area contributed by atoms with Crippen LogP contribution in [0, 0.1) is 5.41 Å². The highest BCUT2D eigenvalue weighted by molar-refractivity contribution is 14.0. The summed E-state index contributed by atoms with van der Waals surface area (Å²) in [4.78, 5) is 7.25. The van der Waals surface area contributed by atoms with Gasteiger partial charge in [-0.3, -0.25) is 4.90 Å². The summed E-state index contributed by atoms with van der Waals surface area (Å²) in [5, 5.41) is 16.1. The Morgan fingerprint density at radius 1 is 1.07 bits per heavy atom. The Labute approximate surface area is 181 Å². The molecule has 1 aliphatic carbocycles. The molecule has 0 aromatic heterocycles. The summed E-state index contributed by atoms with van der Waals surface area (Å²) >= 11 is 0. The molecule has 1 saturated heterocycles. The molecular weight excluding hydrogens is 451 g/mol. The standard InChI is InChI=1S/C21H34N4O.HI/c1-2-22-20(24-16-21(17-26)10-11-21)23-14-18-6-8-19(9-7-18)15-25-12-4-3-5-13-25;/h6-9,26H,2-5,10-17H2,1H3,(H2,22,23,24);1H. The third kappa shape index (κ3) is 7.23. The summed E-state index contributed by atoms with van der Waals surface area (Å²) in [6.45, 7) is 8.18. The molecule has 1 aromatic rings. The molecule has 152 valence electrons. The van der Waals surface area contributed by atoms with Gasteiger partial charge in [0, 0.05) is 25.0 Å². The minimum Gasteiger partial charge on any atom is -0.396 e. The Bertz CT molecular complexity index is 580. The van der Waals surface area contributed by atoms with Crippen molar-refractivity contribution in [3.8, 4) is 0 Å². The van der Waals surface area contributed by atoms with E-state index in [4.69, 9.17) is 4.99 Å². The molecule has 0 unspecified atom stereocenters. The number of likely N-dealkylation sites (tertiary alicyclic amines) is 1. The van der Waals surface area contributed by atoms with Crippen LogP contribution in [0.25, 0.3) is 0 Å². The maximum atomic E-state index is 9.45. The van der Waals surface area contributed by atoms with Crippen molar-refractivity contribution in [2.75, 3.05) is 32.8 Å². The number of nitrogens with one attached hydrogen (secondary N) is 2. The van der Waals surface area contributed by atoms with Gasteiger partial charge in [-0.2, -0.15) is 0 Å². The summed E-state index contributed by atoms with van der Waals surface area (Å²) < 4.78 is 0. The van der Waals surface area contributed by atoms with Gasteiger partial charge in [-0.25, -0.2) is 4.99 Å². The first-order chi connectivity index (χ1) is 12.7. The van der Waals surface area contributed by atoms with E-state index in [1.54, 1.807) is 0 Å². The minimum absolute atomic E-state index is 0. The maximum absolute atomic E-state index is 9.45. The lowest BCUT2D eigenvalue weighted by atomic mass is 10.1. The Morgan fingerprint density at radius 3 is 2.33 bits per heavy atom. The average Bonchev–Trinajstić information content (AvgIpc) is 3.47. The summed E-state index contributed by atoms with van der Waals surface area (Å²) in [5.74, 6) is 0.838. The Balaban J connectivity index is 0.00000261. The van der Waals surface area contributed by atoms with E-state index in [9.17, 15) is 5.11 Å². The first kappa shape index (κ1) is 22.4.